The molecule has 0 aromatic carbocycles. The van der Waals surface area contributed by atoms with Crippen LogP contribution in [0.4, 0.5) is 0 Å². The topological polar surface area (TPSA) is 105 Å². The molecule has 3 aliphatic rings. The molecule has 2 saturated heterocycles. The van der Waals surface area contributed by atoms with E-state index in [9.17, 15) is 9.59 Å². The third-order valence-electron chi connectivity index (χ3n) is 3.64. The maximum absolute atomic E-state index is 12.3. The minimum atomic E-state index is -0.403. The fourth-order valence-electron chi connectivity index (χ4n) is 2.92. The number of carbonyl (C=O) groups is 2. The van der Waals surface area contributed by atoms with Crippen molar-refractivity contribution in [1.29, 1.82) is 0 Å². The molecule has 7 nitrogen and oxygen atoms in total. The molecule has 18 heavy (non-hydrogen) atoms. The van der Waals surface area contributed by atoms with Gasteiger partial charge in [-0.2, -0.15) is 0 Å². The van der Waals surface area contributed by atoms with Gasteiger partial charge in [0.15, 0.2) is 5.96 Å². The van der Waals surface area contributed by atoms with Gasteiger partial charge in [0.2, 0.25) is 5.91 Å². The highest BCUT2D eigenvalue weighted by Gasteiger charge is 2.50. The van der Waals surface area contributed by atoms with Crippen LogP contribution in [0.1, 0.15) is 19.3 Å². The molecule has 0 bridgehead atoms. The van der Waals surface area contributed by atoms with Crippen molar-refractivity contribution in [3.63, 3.8) is 0 Å². The number of aliphatic imine (C=N–C) groups is 1. The van der Waals surface area contributed by atoms with Crippen molar-refractivity contribution in [1.82, 2.24) is 9.80 Å². The molecule has 0 saturated carbocycles. The highest BCUT2D eigenvalue weighted by molar-refractivity contribution is 6.05. The van der Waals surface area contributed by atoms with Crippen LogP contribution in [0.2, 0.25) is 0 Å². The van der Waals surface area contributed by atoms with Gasteiger partial charge in [-0.3, -0.25) is 9.59 Å². The number of amides is 2. The second kappa shape index (κ2) is 3.72. The van der Waals surface area contributed by atoms with Crippen molar-refractivity contribution in [3.8, 4) is 0 Å². The number of guanidine groups is 1. The van der Waals surface area contributed by atoms with E-state index in [1.165, 1.54) is 4.90 Å². The summed E-state index contributed by atoms with van der Waals surface area (Å²) in [4.78, 5) is 31.7. The summed E-state index contributed by atoms with van der Waals surface area (Å²) in [5, 5.41) is 0. The zero-order chi connectivity index (χ0) is 12.9. The third kappa shape index (κ3) is 1.40. The normalized spacial score (nSPS) is 30.1. The van der Waals surface area contributed by atoms with Crippen LogP contribution in [0.15, 0.2) is 16.8 Å². The van der Waals surface area contributed by atoms with Gasteiger partial charge in [-0.1, -0.05) is 6.08 Å². The Morgan fingerprint density at radius 1 is 1.33 bits per heavy atom. The molecule has 3 heterocycles. The van der Waals surface area contributed by atoms with Crippen LogP contribution >= 0.6 is 0 Å². The number of carbonyl (C=O) groups excluding carboxylic acids is 2. The Labute approximate surface area is 104 Å². The lowest BCUT2D eigenvalue weighted by Crippen LogP contribution is -2.56. The molecule has 2 fully saturated rings. The lowest BCUT2D eigenvalue weighted by Gasteiger charge is -2.37. The maximum atomic E-state index is 12.3. The third-order valence-corrected chi connectivity index (χ3v) is 3.64. The van der Waals surface area contributed by atoms with Crippen molar-refractivity contribution < 1.29 is 9.59 Å². The van der Waals surface area contributed by atoms with Crippen molar-refractivity contribution >= 4 is 17.8 Å². The molecule has 4 N–H and O–H groups in total. The second-order valence-electron chi connectivity index (χ2n) is 4.71. The first-order chi connectivity index (χ1) is 8.59. The van der Waals surface area contributed by atoms with Crippen LogP contribution in [0.25, 0.3) is 0 Å². The summed E-state index contributed by atoms with van der Waals surface area (Å²) in [6.45, 7) is 0.608. The van der Waals surface area contributed by atoms with E-state index in [1.54, 1.807) is 11.0 Å². The van der Waals surface area contributed by atoms with Gasteiger partial charge in [0.25, 0.3) is 5.91 Å². The molecule has 7 heteroatoms. The minimum Gasteiger partial charge on any atom is -0.370 e. The van der Waals surface area contributed by atoms with Gasteiger partial charge in [0.1, 0.15) is 17.9 Å². The van der Waals surface area contributed by atoms with E-state index in [-0.39, 0.29) is 17.8 Å². The molecule has 2 atom stereocenters. The maximum Gasteiger partial charge on any atom is 0.272 e. The van der Waals surface area contributed by atoms with Crippen molar-refractivity contribution in [3.05, 3.63) is 11.8 Å². The van der Waals surface area contributed by atoms with Crippen molar-refractivity contribution in [2.45, 2.75) is 31.5 Å². The average molecular weight is 249 g/mol. The molecule has 0 aromatic heterocycles. The molecule has 0 spiro atoms. The smallest absolute Gasteiger partial charge is 0.272 e. The molecule has 2 amide bonds. The lowest BCUT2D eigenvalue weighted by atomic mass is 10.1. The molecule has 0 aromatic rings. The Hall–Kier alpha value is -2.05. The summed E-state index contributed by atoms with van der Waals surface area (Å²) in [6.07, 6.45) is 3.39. The van der Waals surface area contributed by atoms with E-state index in [1.807, 2.05) is 0 Å². The van der Waals surface area contributed by atoms with Gasteiger partial charge in [0, 0.05) is 6.54 Å². The number of rotatable bonds is 1. The standard InChI is InChI=1S/C11H15N5O2/c12-11(13)14-8-4-3-7-9(17)15-5-1-2-6(15)10(18)16(7)8/h2,7-8H,1,3-5H2,(H4,12,13,14)/t7?,8-/m0/s1. The van der Waals surface area contributed by atoms with Gasteiger partial charge in [0.05, 0.1) is 0 Å². The summed E-state index contributed by atoms with van der Waals surface area (Å²) in [6, 6.07) is -0.402. The predicted molar refractivity (Wildman–Crippen MR) is 63.9 cm³/mol. The summed E-state index contributed by atoms with van der Waals surface area (Å²) < 4.78 is 0. The number of nitrogens with two attached hydrogens (primary N) is 2. The zero-order valence-corrected chi connectivity index (χ0v) is 9.87. The fourth-order valence-corrected chi connectivity index (χ4v) is 2.92. The van der Waals surface area contributed by atoms with Crippen LogP contribution < -0.4 is 11.5 Å². The molecular weight excluding hydrogens is 234 g/mol. The summed E-state index contributed by atoms with van der Waals surface area (Å²) >= 11 is 0. The van der Waals surface area contributed by atoms with E-state index in [0.717, 1.165) is 6.42 Å². The fraction of sp³-hybridized carbons (Fsp3) is 0.545. The van der Waals surface area contributed by atoms with E-state index in [4.69, 9.17) is 11.5 Å². The van der Waals surface area contributed by atoms with E-state index in [0.29, 0.717) is 25.1 Å². The molecular formula is C11H15N5O2. The van der Waals surface area contributed by atoms with Crippen LogP contribution in [0.3, 0.4) is 0 Å². The Kier molecular flexibility index (Phi) is 2.29. The van der Waals surface area contributed by atoms with Crippen LogP contribution in [-0.2, 0) is 9.59 Å². The van der Waals surface area contributed by atoms with Gasteiger partial charge < -0.3 is 21.3 Å². The van der Waals surface area contributed by atoms with Gasteiger partial charge in [-0.05, 0) is 19.3 Å². The average Bonchev–Trinajstić information content (AvgIpc) is 2.91. The summed E-state index contributed by atoms with van der Waals surface area (Å²) in [5.41, 5.74) is 11.2. The number of hydrogen-bond donors (Lipinski definition) is 2. The summed E-state index contributed by atoms with van der Waals surface area (Å²) in [7, 11) is 0. The van der Waals surface area contributed by atoms with Gasteiger partial charge >= 0.3 is 0 Å². The molecule has 3 rings (SSSR count). The van der Waals surface area contributed by atoms with E-state index in [2.05, 4.69) is 4.99 Å². The molecule has 96 valence electrons. The van der Waals surface area contributed by atoms with Crippen LogP contribution in [0.5, 0.6) is 0 Å². The predicted octanol–water partition coefficient (Wildman–Crippen LogP) is -1.29. The van der Waals surface area contributed by atoms with E-state index >= 15 is 0 Å². The van der Waals surface area contributed by atoms with Gasteiger partial charge in [-0.25, -0.2) is 4.99 Å². The molecule has 3 aliphatic heterocycles. The number of hydrogen-bond acceptors (Lipinski definition) is 3. The van der Waals surface area contributed by atoms with Crippen molar-refractivity contribution in [2.75, 3.05) is 6.54 Å². The SMILES string of the molecule is NC(N)=N[C@@H]1CCC2C(=O)N3CCC=C3C(=O)N21. The Bertz CT molecular complexity index is 480. The second-order valence-corrected chi connectivity index (χ2v) is 4.71. The lowest BCUT2D eigenvalue weighted by molar-refractivity contribution is -0.149. The molecule has 1 unspecified atom stereocenters. The highest BCUT2D eigenvalue weighted by atomic mass is 16.2. The van der Waals surface area contributed by atoms with Crippen LogP contribution in [0, 0.1) is 0 Å². The van der Waals surface area contributed by atoms with Gasteiger partial charge in [-0.15, -0.1) is 0 Å². The van der Waals surface area contributed by atoms with Crippen molar-refractivity contribution in [2.24, 2.45) is 16.5 Å². The monoisotopic (exact) mass is 249 g/mol. The zero-order valence-electron chi connectivity index (χ0n) is 9.87. The first-order valence-corrected chi connectivity index (χ1v) is 6.02. The molecule has 0 radical (unpaired) electrons. The quantitative estimate of drug-likeness (QED) is 0.445. The molecule has 0 aliphatic carbocycles. The summed E-state index contributed by atoms with van der Waals surface area (Å²) in [5.74, 6) is -0.194. The first-order valence-electron chi connectivity index (χ1n) is 6.02. The number of piperazine rings is 1. The first kappa shape index (κ1) is 11.1. The Morgan fingerprint density at radius 2 is 2.11 bits per heavy atom. The van der Waals surface area contributed by atoms with E-state index < -0.39 is 12.2 Å². The minimum absolute atomic E-state index is 0.00774. The largest absolute Gasteiger partial charge is 0.370 e. The highest BCUT2D eigenvalue weighted by Crippen LogP contribution is 2.35. The number of nitrogens with zero attached hydrogens (tertiary/aromatic N) is 3. The Balaban J connectivity index is 1.96. The van der Waals surface area contributed by atoms with Crippen LogP contribution in [-0.4, -0.2) is 46.3 Å². The Morgan fingerprint density at radius 3 is 2.83 bits per heavy atom. The number of fused-ring (bicyclic) bond motifs is 2.